The highest BCUT2D eigenvalue weighted by molar-refractivity contribution is 5.95. The number of aromatic amines is 1. The third-order valence-corrected chi connectivity index (χ3v) is 6.46. The number of nitrogens with zero attached hydrogens (tertiary/aromatic N) is 2. The van der Waals surface area contributed by atoms with Crippen molar-refractivity contribution < 1.29 is 18.0 Å². The summed E-state index contributed by atoms with van der Waals surface area (Å²) in [6.45, 7) is 0.0642. The number of primary amides is 1. The third kappa shape index (κ3) is 4.01. The van der Waals surface area contributed by atoms with Gasteiger partial charge >= 0.3 is 6.18 Å². The van der Waals surface area contributed by atoms with Crippen molar-refractivity contribution in [3.63, 3.8) is 0 Å². The van der Waals surface area contributed by atoms with E-state index >= 15 is 0 Å². The summed E-state index contributed by atoms with van der Waals surface area (Å²) in [5, 5.41) is 8.15. The van der Waals surface area contributed by atoms with Crippen molar-refractivity contribution >= 4 is 16.8 Å². The zero-order valence-electron chi connectivity index (χ0n) is 17.8. The van der Waals surface area contributed by atoms with Crippen LogP contribution in [0.5, 0.6) is 0 Å². The molecule has 1 amide bonds. The smallest absolute Gasteiger partial charge is 0.368 e. The number of aromatic nitrogens is 3. The highest BCUT2D eigenvalue weighted by atomic mass is 19.4. The molecule has 0 spiro atoms. The van der Waals surface area contributed by atoms with Crippen LogP contribution in [0, 0.1) is 0 Å². The lowest BCUT2D eigenvalue weighted by atomic mass is 9.90. The number of carbonyl (C=O) groups is 1. The molecule has 2 heterocycles. The summed E-state index contributed by atoms with van der Waals surface area (Å²) in [5.74, 6) is -0.476. The van der Waals surface area contributed by atoms with Gasteiger partial charge in [-0.1, -0.05) is 37.1 Å². The molecular weight excluding hydrogens is 429 g/mol. The fraction of sp³-hybridized carbons (Fsp3) is 0.280. The maximum Gasteiger partial charge on any atom is 0.416 e. The summed E-state index contributed by atoms with van der Waals surface area (Å²) in [7, 11) is 0. The number of nitrogens with two attached hydrogens (primary N) is 1. The van der Waals surface area contributed by atoms with E-state index in [2.05, 4.69) is 10.2 Å². The molecule has 1 fully saturated rings. The number of fused-ring (bicyclic) bond motifs is 1. The molecule has 0 saturated heterocycles. The molecule has 33 heavy (non-hydrogen) atoms. The molecule has 3 N–H and O–H groups in total. The number of hydrogen-bond acceptors (Lipinski definition) is 2. The molecule has 0 aliphatic heterocycles. The number of alkyl halides is 3. The van der Waals surface area contributed by atoms with Gasteiger partial charge in [0, 0.05) is 28.2 Å². The van der Waals surface area contributed by atoms with E-state index in [9.17, 15) is 18.0 Å². The van der Waals surface area contributed by atoms with Gasteiger partial charge < -0.3 is 10.3 Å². The van der Waals surface area contributed by atoms with E-state index in [0.29, 0.717) is 22.5 Å². The average Bonchev–Trinajstić information content (AvgIpc) is 3.53. The number of halogens is 3. The molecule has 0 unspecified atom stereocenters. The summed E-state index contributed by atoms with van der Waals surface area (Å²) in [4.78, 5) is 11.3. The number of amides is 1. The molecule has 1 aliphatic rings. The third-order valence-electron chi connectivity index (χ3n) is 6.46. The van der Waals surface area contributed by atoms with E-state index < -0.39 is 17.6 Å². The van der Waals surface area contributed by atoms with Crippen LogP contribution in [-0.2, 0) is 17.5 Å². The molecule has 8 heteroatoms. The van der Waals surface area contributed by atoms with E-state index in [4.69, 9.17) is 5.73 Å². The van der Waals surface area contributed by atoms with Gasteiger partial charge in [-0.2, -0.15) is 18.3 Å². The van der Waals surface area contributed by atoms with Gasteiger partial charge in [-0.3, -0.25) is 9.89 Å². The van der Waals surface area contributed by atoms with Gasteiger partial charge in [-0.05, 0) is 48.6 Å². The maximum absolute atomic E-state index is 13.9. The molecule has 0 radical (unpaired) electrons. The fourth-order valence-electron chi connectivity index (χ4n) is 4.93. The van der Waals surface area contributed by atoms with Gasteiger partial charge in [0.1, 0.15) is 6.54 Å². The van der Waals surface area contributed by atoms with Crippen LogP contribution < -0.4 is 5.73 Å². The fourth-order valence-corrected chi connectivity index (χ4v) is 4.93. The summed E-state index contributed by atoms with van der Waals surface area (Å²) >= 11 is 0. The Morgan fingerprint density at radius 3 is 2.64 bits per heavy atom. The quantitative estimate of drug-likeness (QED) is 0.398. The molecule has 1 aliphatic carbocycles. The van der Waals surface area contributed by atoms with E-state index in [1.54, 1.807) is 29.0 Å². The Kier molecular flexibility index (Phi) is 5.23. The monoisotopic (exact) mass is 452 g/mol. The van der Waals surface area contributed by atoms with Crippen LogP contribution in [0.15, 0.2) is 54.7 Å². The Hall–Kier alpha value is -3.55. The Labute approximate surface area is 188 Å². The van der Waals surface area contributed by atoms with E-state index in [1.165, 1.54) is 6.07 Å². The molecule has 5 rings (SSSR count). The first-order chi connectivity index (χ1) is 15.8. The standard InChI is InChI=1S/C25H23F3N4O/c26-25(27,28)20-12-16(8-9-17(20)15-4-1-2-5-15)21-13-22(31-30-21)18-6-3-7-23-19(18)10-11-32(23)14-24(29)33/h3,6-13,15H,1-2,4-5,14H2,(H2,29,33)(H,30,31). The molecular formula is C25H23F3N4O. The van der Waals surface area contributed by atoms with E-state index in [-0.39, 0.29) is 12.5 Å². The maximum atomic E-state index is 13.9. The molecule has 0 bridgehead atoms. The summed E-state index contributed by atoms with van der Waals surface area (Å²) < 4.78 is 43.4. The number of H-pyrrole nitrogens is 1. The first-order valence-corrected chi connectivity index (χ1v) is 10.9. The van der Waals surface area contributed by atoms with E-state index in [1.807, 2.05) is 24.3 Å². The van der Waals surface area contributed by atoms with Crippen LogP contribution in [0.3, 0.4) is 0 Å². The van der Waals surface area contributed by atoms with Crippen LogP contribution in [0.2, 0.25) is 0 Å². The number of benzene rings is 2. The molecule has 4 aromatic rings. The number of hydrogen-bond donors (Lipinski definition) is 2. The molecule has 5 nitrogen and oxygen atoms in total. The topological polar surface area (TPSA) is 76.7 Å². The summed E-state index contributed by atoms with van der Waals surface area (Å²) in [6, 6.07) is 13.8. The molecule has 170 valence electrons. The Balaban J connectivity index is 1.53. The second kappa shape index (κ2) is 8.10. The Morgan fingerprint density at radius 1 is 1.12 bits per heavy atom. The van der Waals surface area contributed by atoms with Crippen molar-refractivity contribution in [3.8, 4) is 22.5 Å². The zero-order valence-corrected chi connectivity index (χ0v) is 17.8. The first-order valence-electron chi connectivity index (χ1n) is 10.9. The van der Waals surface area contributed by atoms with Crippen molar-refractivity contribution in [1.29, 1.82) is 0 Å². The normalized spacial score (nSPS) is 14.9. The van der Waals surface area contributed by atoms with Crippen molar-refractivity contribution in [1.82, 2.24) is 14.8 Å². The van der Waals surface area contributed by atoms with Crippen molar-refractivity contribution in [2.45, 2.75) is 44.3 Å². The van der Waals surface area contributed by atoms with Gasteiger partial charge in [0.25, 0.3) is 0 Å². The predicted octanol–water partition coefficient (Wildman–Crippen LogP) is 5.86. The number of nitrogens with one attached hydrogen (secondary N) is 1. The SMILES string of the molecule is NC(=O)Cn1ccc2c(-c3cc(-c4ccc(C5CCCC5)c(C(F)(F)F)c4)n[nH]3)cccc21. The molecule has 1 saturated carbocycles. The van der Waals surface area contributed by atoms with E-state index in [0.717, 1.165) is 42.1 Å². The minimum absolute atomic E-state index is 0.0348. The van der Waals surface area contributed by atoms with Gasteiger partial charge in [0.15, 0.2) is 0 Å². The average molecular weight is 452 g/mol. The van der Waals surface area contributed by atoms with Crippen LogP contribution >= 0.6 is 0 Å². The zero-order chi connectivity index (χ0) is 23.2. The van der Waals surface area contributed by atoms with Gasteiger partial charge in [-0.15, -0.1) is 0 Å². The largest absolute Gasteiger partial charge is 0.416 e. The minimum Gasteiger partial charge on any atom is -0.368 e. The van der Waals surface area contributed by atoms with Crippen LogP contribution in [0.4, 0.5) is 13.2 Å². The van der Waals surface area contributed by atoms with Gasteiger partial charge in [0.2, 0.25) is 5.91 Å². The summed E-state index contributed by atoms with van der Waals surface area (Å²) in [5.41, 5.74) is 8.38. The Morgan fingerprint density at radius 2 is 1.91 bits per heavy atom. The van der Waals surface area contributed by atoms with Crippen molar-refractivity contribution in [2.24, 2.45) is 5.73 Å². The van der Waals surface area contributed by atoms with Crippen LogP contribution in [-0.4, -0.2) is 20.7 Å². The highest BCUT2D eigenvalue weighted by Crippen LogP contribution is 2.43. The number of rotatable bonds is 5. The van der Waals surface area contributed by atoms with Crippen molar-refractivity contribution in [2.75, 3.05) is 0 Å². The first kappa shape index (κ1) is 21.3. The second-order valence-electron chi connectivity index (χ2n) is 8.60. The predicted molar refractivity (Wildman–Crippen MR) is 120 cm³/mol. The molecule has 0 atom stereocenters. The minimum atomic E-state index is -4.41. The lowest BCUT2D eigenvalue weighted by molar-refractivity contribution is -0.138. The highest BCUT2D eigenvalue weighted by Gasteiger charge is 2.36. The summed E-state index contributed by atoms with van der Waals surface area (Å²) in [6.07, 6.45) is 0.913. The Bertz CT molecular complexity index is 1330. The lowest BCUT2D eigenvalue weighted by Gasteiger charge is -2.18. The van der Waals surface area contributed by atoms with Gasteiger partial charge in [-0.25, -0.2) is 0 Å². The van der Waals surface area contributed by atoms with Gasteiger partial charge in [0.05, 0.1) is 17.0 Å². The van der Waals surface area contributed by atoms with Crippen molar-refractivity contribution in [3.05, 3.63) is 65.9 Å². The molecule has 2 aromatic heterocycles. The number of carbonyl (C=O) groups excluding carboxylic acids is 1. The van der Waals surface area contributed by atoms with Crippen LogP contribution in [0.1, 0.15) is 42.7 Å². The lowest BCUT2D eigenvalue weighted by Crippen LogP contribution is -2.17. The second-order valence-corrected chi connectivity index (χ2v) is 8.60. The van der Waals surface area contributed by atoms with Crippen LogP contribution in [0.25, 0.3) is 33.4 Å². The molecule has 2 aromatic carbocycles.